The van der Waals surface area contributed by atoms with Crippen molar-refractivity contribution in [3.63, 3.8) is 0 Å². The average Bonchev–Trinajstić information content (AvgIpc) is 3.16. The van der Waals surface area contributed by atoms with Crippen molar-refractivity contribution in [3.8, 4) is 22.8 Å². The lowest BCUT2D eigenvalue weighted by molar-refractivity contribution is -0.130. The Morgan fingerprint density at radius 1 is 1.25 bits per heavy atom. The summed E-state index contributed by atoms with van der Waals surface area (Å²) in [5.41, 5.74) is 1.04. The van der Waals surface area contributed by atoms with Crippen molar-refractivity contribution >= 4 is 34.8 Å². The van der Waals surface area contributed by atoms with Crippen LogP contribution in [0.5, 0.6) is 11.5 Å². The maximum atomic E-state index is 13.0. The highest BCUT2D eigenvalue weighted by atomic mass is 35.5. The Morgan fingerprint density at radius 3 is 2.64 bits per heavy atom. The van der Waals surface area contributed by atoms with E-state index in [9.17, 15) is 4.79 Å². The zero-order valence-electron chi connectivity index (χ0n) is 16.2. The minimum absolute atomic E-state index is 0. The molecule has 2 aromatic rings. The number of amides is 1. The van der Waals surface area contributed by atoms with E-state index in [0.717, 1.165) is 42.9 Å². The summed E-state index contributed by atoms with van der Waals surface area (Å²) in [5, 5.41) is 8.74. The molecule has 7 nitrogen and oxygen atoms in total. The number of nitrogens with one attached hydrogen (secondary N) is 2. The summed E-state index contributed by atoms with van der Waals surface area (Å²) in [5.74, 6) is 1.38. The van der Waals surface area contributed by atoms with Gasteiger partial charge in [-0.15, -0.1) is 23.7 Å². The van der Waals surface area contributed by atoms with Crippen LogP contribution in [0.2, 0.25) is 0 Å². The van der Waals surface area contributed by atoms with E-state index >= 15 is 0 Å². The van der Waals surface area contributed by atoms with Gasteiger partial charge in [-0.3, -0.25) is 4.79 Å². The first-order chi connectivity index (χ1) is 13.1. The number of methoxy groups -OCH3 is 3. The van der Waals surface area contributed by atoms with Crippen LogP contribution in [-0.2, 0) is 9.53 Å². The third kappa shape index (κ3) is 4.75. The molecule has 0 radical (unpaired) electrons. The quantitative estimate of drug-likeness (QED) is 0.706. The topological polar surface area (TPSA) is 81.7 Å². The van der Waals surface area contributed by atoms with Crippen LogP contribution in [0.25, 0.3) is 11.3 Å². The summed E-state index contributed by atoms with van der Waals surface area (Å²) in [7, 11) is 4.87. The molecular formula is C19H26ClN3O4S. The summed E-state index contributed by atoms with van der Waals surface area (Å²) >= 11 is 1.39. The second-order valence-electron chi connectivity index (χ2n) is 6.52. The molecule has 0 aliphatic carbocycles. The van der Waals surface area contributed by atoms with Crippen molar-refractivity contribution < 1.29 is 19.0 Å². The van der Waals surface area contributed by atoms with Crippen LogP contribution in [0.15, 0.2) is 23.6 Å². The number of hydrogen-bond donors (Lipinski definition) is 2. The number of hydrogen-bond acceptors (Lipinski definition) is 7. The number of benzene rings is 1. The van der Waals surface area contributed by atoms with Gasteiger partial charge in [0.2, 0.25) is 5.91 Å². The van der Waals surface area contributed by atoms with Crippen LogP contribution in [-0.4, -0.2) is 51.9 Å². The summed E-state index contributed by atoms with van der Waals surface area (Å²) in [4.78, 5) is 17.5. The van der Waals surface area contributed by atoms with Gasteiger partial charge in [0.05, 0.1) is 31.9 Å². The Balaban J connectivity index is 0.00000280. The van der Waals surface area contributed by atoms with Gasteiger partial charge in [0.15, 0.2) is 5.13 Å². The summed E-state index contributed by atoms with van der Waals surface area (Å²) < 4.78 is 16.1. The predicted molar refractivity (Wildman–Crippen MR) is 113 cm³/mol. The van der Waals surface area contributed by atoms with Gasteiger partial charge in [0, 0.05) is 18.1 Å². The minimum Gasteiger partial charge on any atom is -0.497 e. The largest absolute Gasteiger partial charge is 0.497 e. The molecule has 154 valence electrons. The first-order valence-electron chi connectivity index (χ1n) is 8.81. The number of piperidine rings is 1. The van der Waals surface area contributed by atoms with E-state index in [0.29, 0.717) is 17.5 Å². The van der Waals surface area contributed by atoms with E-state index in [1.807, 2.05) is 23.6 Å². The molecule has 1 aromatic carbocycles. The highest BCUT2D eigenvalue weighted by Crippen LogP contribution is 2.36. The van der Waals surface area contributed by atoms with E-state index in [-0.39, 0.29) is 18.3 Å². The zero-order valence-corrected chi connectivity index (χ0v) is 17.9. The molecule has 0 unspecified atom stereocenters. The fourth-order valence-corrected chi connectivity index (χ4v) is 4.02. The summed E-state index contributed by atoms with van der Waals surface area (Å²) in [6.45, 7) is 2.02. The van der Waals surface area contributed by atoms with Crippen LogP contribution in [0.1, 0.15) is 12.8 Å². The predicted octanol–water partition coefficient (Wildman–Crippen LogP) is 3.20. The van der Waals surface area contributed by atoms with Crippen molar-refractivity contribution in [2.75, 3.05) is 46.3 Å². The van der Waals surface area contributed by atoms with Crippen LogP contribution < -0.4 is 20.1 Å². The molecule has 1 saturated heterocycles. The molecule has 28 heavy (non-hydrogen) atoms. The number of aromatic nitrogens is 1. The monoisotopic (exact) mass is 427 g/mol. The molecule has 1 aliphatic rings. The Morgan fingerprint density at radius 2 is 2.00 bits per heavy atom. The second kappa shape index (κ2) is 10.1. The van der Waals surface area contributed by atoms with Crippen molar-refractivity contribution in [2.45, 2.75) is 12.8 Å². The molecule has 0 atom stereocenters. The van der Waals surface area contributed by atoms with Gasteiger partial charge in [-0.2, -0.15) is 0 Å². The highest BCUT2D eigenvalue weighted by Gasteiger charge is 2.40. The average molecular weight is 428 g/mol. The lowest BCUT2D eigenvalue weighted by Crippen LogP contribution is -2.47. The van der Waals surface area contributed by atoms with Crippen LogP contribution in [0, 0.1) is 5.41 Å². The molecule has 2 heterocycles. The van der Waals surface area contributed by atoms with Gasteiger partial charge in [0.1, 0.15) is 11.5 Å². The van der Waals surface area contributed by atoms with Gasteiger partial charge in [-0.25, -0.2) is 4.98 Å². The Bertz CT molecular complexity index is 788. The first-order valence-corrected chi connectivity index (χ1v) is 9.69. The number of ether oxygens (including phenoxy) is 3. The van der Waals surface area contributed by atoms with Crippen molar-refractivity contribution in [1.29, 1.82) is 0 Å². The fourth-order valence-electron chi connectivity index (χ4n) is 3.32. The number of carbonyl (C=O) groups excluding carboxylic acids is 1. The van der Waals surface area contributed by atoms with Gasteiger partial charge in [0.25, 0.3) is 0 Å². The van der Waals surface area contributed by atoms with Crippen molar-refractivity contribution in [3.05, 3.63) is 23.6 Å². The molecule has 3 rings (SSSR count). The van der Waals surface area contributed by atoms with E-state index in [1.54, 1.807) is 21.3 Å². The lowest BCUT2D eigenvalue weighted by atomic mass is 9.79. The first kappa shape index (κ1) is 22.4. The van der Waals surface area contributed by atoms with E-state index in [1.165, 1.54) is 11.3 Å². The second-order valence-corrected chi connectivity index (χ2v) is 7.38. The fraction of sp³-hybridized carbons (Fsp3) is 0.474. The molecule has 0 bridgehead atoms. The number of nitrogens with zero attached hydrogens (tertiary/aromatic N) is 1. The lowest BCUT2D eigenvalue weighted by Gasteiger charge is -2.35. The normalized spacial score (nSPS) is 15.4. The maximum Gasteiger partial charge on any atom is 0.234 e. The van der Waals surface area contributed by atoms with E-state index in [2.05, 4.69) is 15.6 Å². The van der Waals surface area contributed by atoms with Gasteiger partial charge in [-0.05, 0) is 44.1 Å². The van der Waals surface area contributed by atoms with E-state index < -0.39 is 5.41 Å². The minimum atomic E-state index is -0.514. The molecule has 0 saturated carbocycles. The summed E-state index contributed by atoms with van der Waals surface area (Å²) in [6.07, 6.45) is 1.49. The van der Waals surface area contributed by atoms with Crippen LogP contribution >= 0.6 is 23.7 Å². The van der Waals surface area contributed by atoms with Crippen molar-refractivity contribution in [1.82, 2.24) is 10.3 Å². The number of rotatable bonds is 7. The van der Waals surface area contributed by atoms with Gasteiger partial charge >= 0.3 is 0 Å². The maximum absolute atomic E-state index is 13.0. The van der Waals surface area contributed by atoms with Crippen LogP contribution in [0.3, 0.4) is 0 Å². The highest BCUT2D eigenvalue weighted by molar-refractivity contribution is 7.14. The van der Waals surface area contributed by atoms with Gasteiger partial charge in [-0.1, -0.05) is 0 Å². The molecule has 0 spiro atoms. The standard InChI is InChI=1S/C19H25N3O4S.ClH/c1-24-12-19(6-8-20-9-7-19)17(23)22-18-21-15(11-27-18)14-10-13(25-2)4-5-16(14)26-3;/h4-5,10-11,20H,6-9,12H2,1-3H3,(H,21,22,23);1H. The molecule has 9 heteroatoms. The Hall–Kier alpha value is -1.87. The molecule has 1 fully saturated rings. The molecule has 1 aliphatic heterocycles. The number of anilines is 1. The number of carbonyl (C=O) groups is 1. The van der Waals surface area contributed by atoms with E-state index in [4.69, 9.17) is 14.2 Å². The third-order valence-electron chi connectivity index (χ3n) is 4.87. The number of halogens is 1. The third-order valence-corrected chi connectivity index (χ3v) is 5.63. The Labute approximate surface area is 175 Å². The molecular weight excluding hydrogens is 402 g/mol. The zero-order chi connectivity index (χ0) is 19.3. The van der Waals surface area contributed by atoms with Crippen LogP contribution in [0.4, 0.5) is 5.13 Å². The molecule has 1 amide bonds. The molecule has 1 aromatic heterocycles. The smallest absolute Gasteiger partial charge is 0.234 e. The summed E-state index contributed by atoms with van der Waals surface area (Å²) in [6, 6.07) is 5.55. The molecule has 2 N–H and O–H groups in total. The Kier molecular flexibility index (Phi) is 8.06. The number of thiazole rings is 1. The van der Waals surface area contributed by atoms with Crippen molar-refractivity contribution in [2.24, 2.45) is 5.41 Å². The van der Waals surface area contributed by atoms with Gasteiger partial charge < -0.3 is 24.8 Å². The SMILES string of the molecule is COCC1(C(=O)Nc2nc(-c3cc(OC)ccc3OC)cs2)CCNCC1.Cl.